The van der Waals surface area contributed by atoms with Gasteiger partial charge in [-0.1, -0.05) is 90.5 Å². The summed E-state index contributed by atoms with van der Waals surface area (Å²) in [7, 11) is 0. The molecule has 0 bridgehead atoms. The van der Waals surface area contributed by atoms with Crippen LogP contribution in [-0.4, -0.2) is 15.7 Å². The van der Waals surface area contributed by atoms with Gasteiger partial charge >= 0.3 is 0 Å². The SMILES string of the molecule is C/C(=N/Nc1nc(-c2ccccc2)cc(-c2ccc(C)cc2)n1)c1ccccc1. The number of nitrogens with one attached hydrogen (secondary N) is 1. The third-order valence-electron chi connectivity index (χ3n) is 4.66. The van der Waals surface area contributed by atoms with E-state index >= 15 is 0 Å². The van der Waals surface area contributed by atoms with Crippen LogP contribution in [0, 0.1) is 6.92 Å². The average molecular weight is 378 g/mol. The molecule has 0 fully saturated rings. The Morgan fingerprint density at radius 1 is 0.724 bits per heavy atom. The van der Waals surface area contributed by atoms with Gasteiger partial charge in [-0.2, -0.15) is 5.10 Å². The van der Waals surface area contributed by atoms with Crippen molar-refractivity contribution in [3.63, 3.8) is 0 Å². The van der Waals surface area contributed by atoms with Crippen molar-refractivity contribution in [3.05, 3.63) is 102 Å². The molecular formula is C25H22N4. The Kier molecular flexibility index (Phi) is 5.43. The summed E-state index contributed by atoms with van der Waals surface area (Å²) >= 11 is 0. The number of nitrogens with zero attached hydrogens (tertiary/aromatic N) is 3. The van der Waals surface area contributed by atoms with E-state index in [4.69, 9.17) is 4.98 Å². The van der Waals surface area contributed by atoms with Crippen LogP contribution in [0.1, 0.15) is 18.1 Å². The highest BCUT2D eigenvalue weighted by Gasteiger charge is 2.09. The van der Waals surface area contributed by atoms with Gasteiger partial charge in [-0.15, -0.1) is 0 Å². The van der Waals surface area contributed by atoms with E-state index in [2.05, 4.69) is 46.7 Å². The lowest BCUT2D eigenvalue weighted by Gasteiger charge is -2.09. The number of anilines is 1. The molecule has 4 heteroatoms. The molecule has 0 spiro atoms. The number of aryl methyl sites for hydroxylation is 1. The van der Waals surface area contributed by atoms with Crippen LogP contribution in [0.3, 0.4) is 0 Å². The molecule has 0 radical (unpaired) electrons. The summed E-state index contributed by atoms with van der Waals surface area (Å²) in [5, 5.41) is 4.49. The summed E-state index contributed by atoms with van der Waals surface area (Å²) < 4.78 is 0. The van der Waals surface area contributed by atoms with Gasteiger partial charge in [-0.25, -0.2) is 15.4 Å². The topological polar surface area (TPSA) is 50.2 Å². The van der Waals surface area contributed by atoms with Crippen LogP contribution in [0.2, 0.25) is 0 Å². The second-order valence-corrected chi connectivity index (χ2v) is 6.87. The molecule has 1 heterocycles. The predicted molar refractivity (Wildman–Crippen MR) is 120 cm³/mol. The van der Waals surface area contributed by atoms with Crippen LogP contribution in [0.4, 0.5) is 5.95 Å². The fourth-order valence-electron chi connectivity index (χ4n) is 3.00. The van der Waals surface area contributed by atoms with E-state index in [9.17, 15) is 0 Å². The molecule has 0 aliphatic carbocycles. The highest BCUT2D eigenvalue weighted by atomic mass is 15.4. The standard InChI is InChI=1S/C25H22N4/c1-18-13-15-22(16-14-18)24-17-23(21-11-7-4-8-12-21)26-25(27-24)29-28-19(2)20-9-5-3-6-10-20/h3-17H,1-2H3,(H,26,27,29)/b28-19-. The Morgan fingerprint density at radius 2 is 1.28 bits per heavy atom. The van der Waals surface area contributed by atoms with E-state index in [1.165, 1.54) is 5.56 Å². The quantitative estimate of drug-likeness (QED) is 0.344. The Morgan fingerprint density at radius 3 is 1.90 bits per heavy atom. The minimum atomic E-state index is 0.470. The molecular weight excluding hydrogens is 356 g/mol. The lowest BCUT2D eigenvalue weighted by Crippen LogP contribution is -2.03. The molecule has 0 aliphatic heterocycles. The number of benzene rings is 3. The number of hydrazone groups is 1. The second-order valence-electron chi connectivity index (χ2n) is 6.87. The Bertz CT molecular complexity index is 1120. The summed E-state index contributed by atoms with van der Waals surface area (Å²) in [5.74, 6) is 0.470. The van der Waals surface area contributed by atoms with E-state index in [0.717, 1.165) is 33.8 Å². The summed E-state index contributed by atoms with van der Waals surface area (Å²) in [6, 6.07) is 30.5. The summed E-state index contributed by atoms with van der Waals surface area (Å²) in [4.78, 5) is 9.38. The van der Waals surface area contributed by atoms with E-state index < -0.39 is 0 Å². The first-order valence-electron chi connectivity index (χ1n) is 9.56. The zero-order valence-corrected chi connectivity index (χ0v) is 16.5. The maximum Gasteiger partial charge on any atom is 0.244 e. The molecule has 1 N–H and O–H groups in total. The third kappa shape index (κ3) is 4.55. The normalized spacial score (nSPS) is 11.3. The van der Waals surface area contributed by atoms with Crippen molar-refractivity contribution in [2.24, 2.45) is 5.10 Å². The molecule has 0 aliphatic rings. The van der Waals surface area contributed by atoms with E-state index in [-0.39, 0.29) is 0 Å². The fraction of sp³-hybridized carbons (Fsp3) is 0.0800. The number of rotatable bonds is 5. The minimum Gasteiger partial charge on any atom is -0.245 e. The highest BCUT2D eigenvalue weighted by Crippen LogP contribution is 2.25. The highest BCUT2D eigenvalue weighted by molar-refractivity contribution is 5.98. The van der Waals surface area contributed by atoms with Gasteiger partial charge < -0.3 is 0 Å². The lowest BCUT2D eigenvalue weighted by atomic mass is 10.1. The molecule has 29 heavy (non-hydrogen) atoms. The summed E-state index contributed by atoms with van der Waals surface area (Å²) in [6.07, 6.45) is 0. The molecule has 0 saturated heterocycles. The van der Waals surface area contributed by atoms with Crippen molar-refractivity contribution in [1.82, 2.24) is 9.97 Å². The predicted octanol–water partition coefficient (Wildman–Crippen LogP) is 5.96. The zero-order chi connectivity index (χ0) is 20.1. The van der Waals surface area contributed by atoms with Crippen molar-refractivity contribution in [2.45, 2.75) is 13.8 Å². The summed E-state index contributed by atoms with van der Waals surface area (Å²) in [6.45, 7) is 4.04. The van der Waals surface area contributed by atoms with Crippen molar-refractivity contribution < 1.29 is 0 Å². The average Bonchev–Trinajstić information content (AvgIpc) is 2.79. The van der Waals surface area contributed by atoms with Gasteiger partial charge in [-0.3, -0.25) is 0 Å². The number of hydrogen-bond donors (Lipinski definition) is 1. The van der Waals surface area contributed by atoms with Crippen LogP contribution < -0.4 is 5.43 Å². The number of aromatic nitrogens is 2. The molecule has 0 atom stereocenters. The van der Waals surface area contributed by atoms with Gasteiger partial charge in [-0.05, 0) is 25.5 Å². The first kappa shape index (κ1) is 18.6. The Labute approximate surface area is 171 Å². The molecule has 1 aromatic heterocycles. The monoisotopic (exact) mass is 378 g/mol. The van der Waals surface area contributed by atoms with Crippen molar-refractivity contribution in [1.29, 1.82) is 0 Å². The lowest BCUT2D eigenvalue weighted by molar-refractivity contribution is 1.12. The van der Waals surface area contributed by atoms with Crippen molar-refractivity contribution in [2.75, 3.05) is 5.43 Å². The Balaban J connectivity index is 1.72. The largest absolute Gasteiger partial charge is 0.245 e. The van der Waals surface area contributed by atoms with Gasteiger partial charge in [0, 0.05) is 11.1 Å². The number of hydrogen-bond acceptors (Lipinski definition) is 4. The molecule has 4 aromatic rings. The van der Waals surface area contributed by atoms with E-state index in [1.807, 2.05) is 73.7 Å². The van der Waals surface area contributed by atoms with E-state index in [0.29, 0.717) is 5.95 Å². The van der Waals surface area contributed by atoms with E-state index in [1.54, 1.807) is 0 Å². The molecule has 0 amide bonds. The van der Waals surface area contributed by atoms with Gasteiger partial charge in [0.2, 0.25) is 5.95 Å². The van der Waals surface area contributed by atoms with Gasteiger partial charge in [0.1, 0.15) is 0 Å². The van der Waals surface area contributed by atoms with Crippen LogP contribution >= 0.6 is 0 Å². The fourth-order valence-corrected chi connectivity index (χ4v) is 3.00. The van der Waals surface area contributed by atoms with Crippen LogP contribution in [-0.2, 0) is 0 Å². The maximum absolute atomic E-state index is 4.70. The molecule has 142 valence electrons. The van der Waals surface area contributed by atoms with Crippen LogP contribution in [0.5, 0.6) is 0 Å². The smallest absolute Gasteiger partial charge is 0.244 e. The second kappa shape index (κ2) is 8.48. The summed E-state index contributed by atoms with van der Waals surface area (Å²) in [5.41, 5.74) is 9.97. The molecule has 4 rings (SSSR count). The molecule has 0 saturated carbocycles. The van der Waals surface area contributed by atoms with Crippen molar-refractivity contribution in [3.8, 4) is 22.5 Å². The molecule has 0 unspecified atom stereocenters. The molecule has 4 nitrogen and oxygen atoms in total. The van der Waals surface area contributed by atoms with Crippen LogP contribution in [0.25, 0.3) is 22.5 Å². The maximum atomic E-state index is 4.70. The minimum absolute atomic E-state index is 0.470. The Hall–Kier alpha value is -3.79. The zero-order valence-electron chi connectivity index (χ0n) is 16.5. The first-order valence-corrected chi connectivity index (χ1v) is 9.56. The van der Waals surface area contributed by atoms with Crippen LogP contribution in [0.15, 0.2) is 96.1 Å². The van der Waals surface area contributed by atoms with Gasteiger partial charge in [0.25, 0.3) is 0 Å². The molecule has 3 aromatic carbocycles. The van der Waals surface area contributed by atoms with Gasteiger partial charge in [0.05, 0.1) is 17.1 Å². The first-order chi connectivity index (χ1) is 14.2. The van der Waals surface area contributed by atoms with Crippen molar-refractivity contribution >= 4 is 11.7 Å². The third-order valence-corrected chi connectivity index (χ3v) is 4.66. The van der Waals surface area contributed by atoms with Gasteiger partial charge in [0.15, 0.2) is 0 Å².